The summed E-state index contributed by atoms with van der Waals surface area (Å²) in [5.41, 5.74) is 0.758. The summed E-state index contributed by atoms with van der Waals surface area (Å²) in [5, 5.41) is 2.82. The maximum Gasteiger partial charge on any atom is 0.490 e. The van der Waals surface area contributed by atoms with Crippen molar-refractivity contribution in [2.45, 2.75) is 31.8 Å². The molecule has 2 aliphatic rings. The molecule has 0 aromatic heterocycles. The monoisotopic (exact) mass is 328 g/mol. The van der Waals surface area contributed by atoms with Crippen LogP contribution in [-0.4, -0.2) is 42.9 Å². The molecule has 0 radical (unpaired) electrons. The zero-order chi connectivity index (χ0) is 16.5. The summed E-state index contributed by atoms with van der Waals surface area (Å²) in [6.07, 6.45) is -4.15. The van der Waals surface area contributed by atoms with E-state index in [0.717, 1.165) is 25.9 Å². The summed E-state index contributed by atoms with van der Waals surface area (Å²) in [7, 11) is 0. The Morgan fingerprint density at radius 3 is 2.70 bits per heavy atom. The highest BCUT2D eigenvalue weighted by molar-refractivity contribution is 5.75. The van der Waals surface area contributed by atoms with Crippen LogP contribution in [0.1, 0.15) is 18.4 Å². The minimum Gasteiger partial charge on any atom is -0.439 e. The molecule has 0 bridgehead atoms. The standard InChI is InChI=1S/C16H19F3N2O2/c17-16(18,19)14(22)23-13-15(10-20-13)7-4-8-21(11-15)9-12-5-2-1-3-6-12/h1-3,5-6,13,20H,4,7-11H2. The predicted molar refractivity (Wildman–Crippen MR) is 77.3 cm³/mol. The van der Waals surface area contributed by atoms with Gasteiger partial charge in [0.2, 0.25) is 0 Å². The van der Waals surface area contributed by atoms with E-state index in [9.17, 15) is 18.0 Å². The molecule has 4 nitrogen and oxygen atoms in total. The zero-order valence-corrected chi connectivity index (χ0v) is 12.6. The number of likely N-dealkylation sites (tertiary alicyclic amines) is 1. The van der Waals surface area contributed by atoms with Crippen LogP contribution in [0.4, 0.5) is 13.2 Å². The van der Waals surface area contributed by atoms with Crippen LogP contribution >= 0.6 is 0 Å². The summed E-state index contributed by atoms with van der Waals surface area (Å²) in [6.45, 7) is 2.86. The van der Waals surface area contributed by atoms with Gasteiger partial charge in [-0.2, -0.15) is 13.2 Å². The van der Waals surface area contributed by atoms with Crippen LogP contribution in [0.25, 0.3) is 0 Å². The van der Waals surface area contributed by atoms with E-state index in [0.29, 0.717) is 13.1 Å². The quantitative estimate of drug-likeness (QED) is 0.865. The van der Waals surface area contributed by atoms with Crippen molar-refractivity contribution in [1.82, 2.24) is 10.2 Å². The van der Waals surface area contributed by atoms with E-state index in [1.165, 1.54) is 5.56 Å². The average Bonchev–Trinajstić information content (AvgIpc) is 2.51. The number of ether oxygens (including phenoxy) is 1. The Morgan fingerprint density at radius 2 is 2.09 bits per heavy atom. The lowest BCUT2D eigenvalue weighted by Crippen LogP contribution is -2.69. The number of hydrogen-bond donors (Lipinski definition) is 1. The molecule has 2 aliphatic heterocycles. The summed E-state index contributed by atoms with van der Waals surface area (Å²) < 4.78 is 41.8. The molecule has 3 rings (SSSR count). The molecule has 0 saturated carbocycles. The lowest BCUT2D eigenvalue weighted by molar-refractivity contribution is -0.225. The van der Waals surface area contributed by atoms with Crippen LogP contribution in [-0.2, 0) is 16.1 Å². The number of alkyl halides is 3. The lowest BCUT2D eigenvalue weighted by atomic mass is 9.72. The van der Waals surface area contributed by atoms with E-state index in [1.54, 1.807) is 0 Å². The van der Waals surface area contributed by atoms with Gasteiger partial charge in [-0.3, -0.25) is 10.2 Å². The molecule has 0 aliphatic carbocycles. The van der Waals surface area contributed by atoms with Gasteiger partial charge in [0.25, 0.3) is 0 Å². The Morgan fingerprint density at radius 1 is 1.35 bits per heavy atom. The van der Waals surface area contributed by atoms with Crippen LogP contribution in [0.5, 0.6) is 0 Å². The van der Waals surface area contributed by atoms with Crippen LogP contribution in [0, 0.1) is 5.41 Å². The molecule has 2 saturated heterocycles. The molecule has 2 unspecified atom stereocenters. The maximum absolute atomic E-state index is 12.4. The Balaban J connectivity index is 1.62. The van der Waals surface area contributed by atoms with Crippen molar-refractivity contribution in [2.24, 2.45) is 5.41 Å². The van der Waals surface area contributed by atoms with Crippen LogP contribution in [0.15, 0.2) is 30.3 Å². The SMILES string of the molecule is O=C(OC1NCC12CCCN(Cc1ccccc1)C2)C(F)(F)F. The van der Waals surface area contributed by atoms with Crippen molar-refractivity contribution >= 4 is 5.97 Å². The fourth-order valence-corrected chi connectivity index (χ4v) is 3.41. The highest BCUT2D eigenvalue weighted by Gasteiger charge is 2.54. The Hall–Kier alpha value is -1.60. The lowest BCUT2D eigenvalue weighted by Gasteiger charge is -2.53. The maximum atomic E-state index is 12.4. The molecule has 2 heterocycles. The van der Waals surface area contributed by atoms with Crippen LogP contribution in [0.2, 0.25) is 0 Å². The number of halogens is 3. The molecule has 1 aromatic rings. The topological polar surface area (TPSA) is 41.6 Å². The third-order valence-electron chi connectivity index (χ3n) is 4.59. The smallest absolute Gasteiger partial charge is 0.439 e. The highest BCUT2D eigenvalue weighted by atomic mass is 19.4. The molecule has 2 fully saturated rings. The van der Waals surface area contributed by atoms with Crippen molar-refractivity contribution in [2.75, 3.05) is 19.6 Å². The zero-order valence-electron chi connectivity index (χ0n) is 12.6. The first-order chi connectivity index (χ1) is 10.9. The van der Waals surface area contributed by atoms with Gasteiger partial charge in [0.05, 0.1) is 0 Å². The first kappa shape index (κ1) is 16.3. The van der Waals surface area contributed by atoms with Crippen molar-refractivity contribution in [3.05, 3.63) is 35.9 Å². The van der Waals surface area contributed by atoms with Crippen LogP contribution in [0.3, 0.4) is 0 Å². The molecule has 1 aromatic carbocycles. The van der Waals surface area contributed by atoms with E-state index in [-0.39, 0.29) is 0 Å². The number of piperidine rings is 1. The third kappa shape index (κ3) is 3.50. The second-order valence-electron chi connectivity index (χ2n) is 6.33. The van der Waals surface area contributed by atoms with Gasteiger partial charge in [0.1, 0.15) is 0 Å². The number of nitrogens with one attached hydrogen (secondary N) is 1. The first-order valence-electron chi connectivity index (χ1n) is 7.67. The number of hydrogen-bond acceptors (Lipinski definition) is 4. The molecular formula is C16H19F3N2O2. The fourth-order valence-electron chi connectivity index (χ4n) is 3.41. The van der Waals surface area contributed by atoms with Gasteiger partial charge in [-0.15, -0.1) is 0 Å². The molecular weight excluding hydrogens is 309 g/mol. The number of carbonyl (C=O) groups is 1. The van der Waals surface area contributed by atoms with Gasteiger partial charge in [0.15, 0.2) is 6.23 Å². The molecule has 0 amide bonds. The van der Waals surface area contributed by atoms with E-state index in [1.807, 2.05) is 30.3 Å². The van der Waals surface area contributed by atoms with Crippen LogP contribution < -0.4 is 5.32 Å². The first-order valence-corrected chi connectivity index (χ1v) is 7.67. The van der Waals surface area contributed by atoms with Gasteiger partial charge in [-0.25, -0.2) is 4.79 Å². The average molecular weight is 328 g/mol. The molecule has 126 valence electrons. The Labute approximate surface area is 132 Å². The number of carbonyl (C=O) groups excluding carboxylic acids is 1. The van der Waals surface area contributed by atoms with Gasteiger partial charge in [-0.05, 0) is 24.9 Å². The van der Waals surface area contributed by atoms with Gasteiger partial charge >= 0.3 is 12.1 Å². The van der Waals surface area contributed by atoms with Crippen molar-refractivity contribution < 1.29 is 22.7 Å². The minimum absolute atomic E-state index is 0.409. The number of rotatable bonds is 3. The Kier molecular flexibility index (Phi) is 4.33. The van der Waals surface area contributed by atoms with E-state index in [2.05, 4.69) is 15.0 Å². The highest BCUT2D eigenvalue weighted by Crippen LogP contribution is 2.40. The molecule has 1 spiro atoms. The normalized spacial score (nSPS) is 28.4. The largest absolute Gasteiger partial charge is 0.490 e. The summed E-state index contributed by atoms with van der Waals surface area (Å²) in [6, 6.07) is 9.94. The van der Waals surface area contributed by atoms with Gasteiger partial charge < -0.3 is 4.74 Å². The van der Waals surface area contributed by atoms with E-state index < -0.39 is 23.8 Å². The van der Waals surface area contributed by atoms with Gasteiger partial charge in [-0.1, -0.05) is 30.3 Å². The summed E-state index contributed by atoms with van der Waals surface area (Å²) >= 11 is 0. The second-order valence-corrected chi connectivity index (χ2v) is 6.33. The molecule has 23 heavy (non-hydrogen) atoms. The van der Waals surface area contributed by atoms with Gasteiger partial charge in [0, 0.05) is 25.0 Å². The minimum atomic E-state index is -4.95. The van der Waals surface area contributed by atoms with Crippen molar-refractivity contribution in [1.29, 1.82) is 0 Å². The number of nitrogens with zero attached hydrogens (tertiary/aromatic N) is 1. The summed E-state index contributed by atoms with van der Waals surface area (Å²) in [5.74, 6) is -2.12. The number of benzene rings is 1. The summed E-state index contributed by atoms with van der Waals surface area (Å²) in [4.78, 5) is 13.3. The third-order valence-corrected chi connectivity index (χ3v) is 4.59. The van der Waals surface area contributed by atoms with E-state index in [4.69, 9.17) is 0 Å². The Bertz CT molecular complexity index is 564. The fraction of sp³-hybridized carbons (Fsp3) is 0.562. The second kappa shape index (κ2) is 6.13. The molecule has 1 N–H and O–H groups in total. The van der Waals surface area contributed by atoms with Crippen molar-refractivity contribution in [3.8, 4) is 0 Å². The molecule has 2 atom stereocenters. The molecule has 7 heteroatoms. The predicted octanol–water partition coefficient (Wildman–Crippen LogP) is 2.30. The van der Waals surface area contributed by atoms with Crippen molar-refractivity contribution in [3.63, 3.8) is 0 Å². The van der Waals surface area contributed by atoms with E-state index >= 15 is 0 Å². The number of esters is 1.